The van der Waals surface area contributed by atoms with Crippen molar-refractivity contribution in [3.8, 4) is 0 Å². The number of carbonyl (C=O) groups excluding carboxylic acids is 1. The molecule has 0 radical (unpaired) electrons. The zero-order valence-corrected chi connectivity index (χ0v) is 11.2. The van der Waals surface area contributed by atoms with Gasteiger partial charge >= 0.3 is 5.97 Å². The van der Waals surface area contributed by atoms with E-state index in [1.807, 2.05) is 24.3 Å². The van der Waals surface area contributed by atoms with Gasteiger partial charge in [0.1, 0.15) is 6.61 Å². The Balaban J connectivity index is 1.82. The molecule has 2 unspecified atom stereocenters. The Morgan fingerprint density at radius 1 is 1.35 bits per heavy atom. The summed E-state index contributed by atoms with van der Waals surface area (Å²) in [5, 5.41) is 0. The molecule has 1 aromatic rings. The van der Waals surface area contributed by atoms with Crippen molar-refractivity contribution in [3.63, 3.8) is 0 Å². The van der Waals surface area contributed by atoms with E-state index >= 15 is 0 Å². The van der Waals surface area contributed by atoms with Crippen molar-refractivity contribution >= 4 is 21.9 Å². The average molecular weight is 298 g/mol. The lowest BCUT2D eigenvalue weighted by Gasteiger charge is -2.10. The lowest BCUT2D eigenvalue weighted by atomic mass is 10.1. The lowest BCUT2D eigenvalue weighted by molar-refractivity contribution is -0.149. The van der Waals surface area contributed by atoms with Gasteiger partial charge in [-0.2, -0.15) is 0 Å². The van der Waals surface area contributed by atoms with Crippen molar-refractivity contribution in [2.24, 2.45) is 11.7 Å². The van der Waals surface area contributed by atoms with Crippen LogP contribution in [0.25, 0.3) is 0 Å². The highest BCUT2D eigenvalue weighted by Gasteiger charge is 2.28. The molecule has 0 amide bonds. The van der Waals surface area contributed by atoms with Crippen molar-refractivity contribution in [3.05, 3.63) is 34.3 Å². The molecule has 1 aliphatic rings. The smallest absolute Gasteiger partial charge is 0.309 e. The second kappa shape index (κ2) is 5.65. The van der Waals surface area contributed by atoms with E-state index in [-0.39, 0.29) is 17.9 Å². The van der Waals surface area contributed by atoms with Crippen molar-refractivity contribution in [1.82, 2.24) is 0 Å². The summed E-state index contributed by atoms with van der Waals surface area (Å²) in [6.07, 6.45) is 2.55. The first-order valence-corrected chi connectivity index (χ1v) is 6.61. The number of esters is 1. The maximum atomic E-state index is 11.7. The number of ether oxygens (including phenoxy) is 1. The monoisotopic (exact) mass is 297 g/mol. The molecule has 2 atom stereocenters. The minimum Gasteiger partial charge on any atom is -0.461 e. The molecule has 0 aliphatic heterocycles. The first kappa shape index (κ1) is 12.6. The Bertz CT molecular complexity index is 391. The quantitative estimate of drug-likeness (QED) is 0.873. The molecule has 1 aliphatic carbocycles. The highest BCUT2D eigenvalue weighted by Crippen LogP contribution is 2.25. The lowest BCUT2D eigenvalue weighted by Crippen LogP contribution is -2.19. The Morgan fingerprint density at radius 3 is 2.65 bits per heavy atom. The number of hydrogen-bond acceptors (Lipinski definition) is 3. The van der Waals surface area contributed by atoms with Crippen molar-refractivity contribution in [2.75, 3.05) is 0 Å². The van der Waals surface area contributed by atoms with E-state index in [1.165, 1.54) is 0 Å². The largest absolute Gasteiger partial charge is 0.461 e. The minimum absolute atomic E-state index is 0.000415. The zero-order chi connectivity index (χ0) is 12.3. The molecule has 3 nitrogen and oxygen atoms in total. The molecule has 1 aromatic carbocycles. The summed E-state index contributed by atoms with van der Waals surface area (Å²) in [5.41, 5.74) is 6.78. The first-order valence-electron chi connectivity index (χ1n) is 5.82. The number of halogens is 1. The molecule has 0 heterocycles. The zero-order valence-electron chi connectivity index (χ0n) is 9.56. The second-order valence-electron chi connectivity index (χ2n) is 4.50. The molecular weight excluding hydrogens is 282 g/mol. The van der Waals surface area contributed by atoms with Gasteiger partial charge in [-0.1, -0.05) is 28.1 Å². The highest BCUT2D eigenvalue weighted by molar-refractivity contribution is 9.10. The molecule has 1 saturated carbocycles. The number of carbonyl (C=O) groups is 1. The Labute approximate surface area is 109 Å². The Hall–Kier alpha value is -0.870. The van der Waals surface area contributed by atoms with E-state index in [9.17, 15) is 4.79 Å². The van der Waals surface area contributed by atoms with Crippen LogP contribution in [0.4, 0.5) is 0 Å². The van der Waals surface area contributed by atoms with Crippen LogP contribution in [0.1, 0.15) is 24.8 Å². The maximum absolute atomic E-state index is 11.7. The van der Waals surface area contributed by atoms with E-state index < -0.39 is 0 Å². The predicted molar refractivity (Wildman–Crippen MR) is 69.3 cm³/mol. The van der Waals surface area contributed by atoms with Crippen LogP contribution in [0.5, 0.6) is 0 Å². The summed E-state index contributed by atoms with van der Waals surface area (Å²) in [6, 6.07) is 7.93. The van der Waals surface area contributed by atoms with Gasteiger partial charge in [-0.3, -0.25) is 4.79 Å². The van der Waals surface area contributed by atoms with Crippen LogP contribution in [0.3, 0.4) is 0 Å². The Kier molecular flexibility index (Phi) is 4.18. The molecule has 17 heavy (non-hydrogen) atoms. The van der Waals surface area contributed by atoms with Crippen molar-refractivity contribution < 1.29 is 9.53 Å². The van der Waals surface area contributed by atoms with Gasteiger partial charge in [0.2, 0.25) is 0 Å². The van der Waals surface area contributed by atoms with Crippen LogP contribution in [0.15, 0.2) is 28.7 Å². The summed E-state index contributed by atoms with van der Waals surface area (Å²) in [5.74, 6) is -0.110. The second-order valence-corrected chi connectivity index (χ2v) is 5.42. The van der Waals surface area contributed by atoms with Gasteiger partial charge in [0.05, 0.1) is 5.92 Å². The number of benzene rings is 1. The standard InChI is InChI=1S/C13H16BrNO2/c14-11-4-1-9(2-5-11)8-17-13(16)10-3-6-12(15)7-10/h1-2,4-5,10,12H,3,6-8,15H2. The van der Waals surface area contributed by atoms with Crippen LogP contribution in [-0.4, -0.2) is 12.0 Å². The van der Waals surface area contributed by atoms with Gasteiger partial charge in [-0.25, -0.2) is 0 Å². The van der Waals surface area contributed by atoms with Gasteiger partial charge in [-0.15, -0.1) is 0 Å². The van der Waals surface area contributed by atoms with Crippen LogP contribution >= 0.6 is 15.9 Å². The summed E-state index contributed by atoms with van der Waals surface area (Å²) in [4.78, 5) is 11.7. The van der Waals surface area contributed by atoms with E-state index in [0.29, 0.717) is 6.61 Å². The summed E-state index contributed by atoms with van der Waals surface area (Å²) in [6.45, 7) is 0.345. The molecule has 0 saturated heterocycles. The fourth-order valence-electron chi connectivity index (χ4n) is 2.08. The highest BCUT2D eigenvalue weighted by atomic mass is 79.9. The molecule has 4 heteroatoms. The Morgan fingerprint density at radius 2 is 2.06 bits per heavy atom. The summed E-state index contributed by atoms with van der Waals surface area (Å²) >= 11 is 3.36. The SMILES string of the molecule is NC1CCC(C(=O)OCc2ccc(Br)cc2)C1. The topological polar surface area (TPSA) is 52.3 Å². The third kappa shape index (κ3) is 3.54. The fraction of sp³-hybridized carbons (Fsp3) is 0.462. The van der Waals surface area contributed by atoms with Crippen molar-refractivity contribution in [2.45, 2.75) is 31.9 Å². The summed E-state index contributed by atoms with van der Waals surface area (Å²) in [7, 11) is 0. The van der Waals surface area contributed by atoms with Crippen LogP contribution in [0.2, 0.25) is 0 Å². The normalized spacial score (nSPS) is 23.6. The molecule has 1 fully saturated rings. The van der Waals surface area contributed by atoms with Crippen LogP contribution in [-0.2, 0) is 16.1 Å². The van der Waals surface area contributed by atoms with Gasteiger partial charge in [0, 0.05) is 10.5 Å². The molecule has 92 valence electrons. The summed E-state index contributed by atoms with van der Waals surface area (Å²) < 4.78 is 6.31. The van der Waals surface area contributed by atoms with Crippen molar-refractivity contribution in [1.29, 1.82) is 0 Å². The minimum atomic E-state index is -0.110. The third-order valence-corrected chi connectivity index (χ3v) is 3.63. The molecule has 0 aromatic heterocycles. The fourth-order valence-corrected chi connectivity index (χ4v) is 2.35. The number of rotatable bonds is 3. The predicted octanol–water partition coefficient (Wildman–Crippen LogP) is 2.62. The van der Waals surface area contributed by atoms with Gasteiger partial charge in [0.15, 0.2) is 0 Å². The van der Waals surface area contributed by atoms with Gasteiger partial charge in [-0.05, 0) is 37.0 Å². The maximum Gasteiger partial charge on any atom is 0.309 e. The molecule has 0 bridgehead atoms. The van der Waals surface area contributed by atoms with Crippen LogP contribution in [0, 0.1) is 5.92 Å². The molecule has 2 rings (SSSR count). The van der Waals surface area contributed by atoms with Gasteiger partial charge in [0.25, 0.3) is 0 Å². The number of hydrogen-bond donors (Lipinski definition) is 1. The van der Waals surface area contributed by atoms with E-state index in [0.717, 1.165) is 29.3 Å². The van der Waals surface area contributed by atoms with Crippen LogP contribution < -0.4 is 5.73 Å². The van der Waals surface area contributed by atoms with Gasteiger partial charge < -0.3 is 10.5 Å². The number of nitrogens with two attached hydrogens (primary N) is 1. The van der Waals surface area contributed by atoms with E-state index in [4.69, 9.17) is 10.5 Å². The average Bonchev–Trinajstić information content (AvgIpc) is 2.75. The van der Waals surface area contributed by atoms with E-state index in [2.05, 4.69) is 15.9 Å². The third-order valence-electron chi connectivity index (χ3n) is 3.10. The molecule has 2 N–H and O–H groups in total. The molecular formula is C13H16BrNO2. The van der Waals surface area contributed by atoms with E-state index in [1.54, 1.807) is 0 Å². The molecule has 0 spiro atoms. The first-order chi connectivity index (χ1) is 8.15.